The van der Waals surface area contributed by atoms with Crippen LogP contribution >= 0.6 is 0 Å². The first-order chi connectivity index (χ1) is 6.57. The number of ether oxygens (including phenoxy) is 1. The molecule has 2 amide bonds. The number of amides is 2. The Morgan fingerprint density at radius 1 is 1.64 bits per heavy atom. The summed E-state index contributed by atoms with van der Waals surface area (Å²) in [6.45, 7) is 1.79. The second-order valence-corrected chi connectivity index (χ2v) is 2.84. The van der Waals surface area contributed by atoms with E-state index in [1.54, 1.807) is 26.2 Å². The lowest BCUT2D eigenvalue weighted by Crippen LogP contribution is -2.32. The lowest BCUT2D eigenvalue weighted by Gasteiger charge is -2.18. The molecule has 2 N–H and O–H groups in total. The summed E-state index contributed by atoms with van der Waals surface area (Å²) in [6.07, 6.45) is 1.62. The van der Waals surface area contributed by atoms with E-state index in [1.165, 1.54) is 12.0 Å². The molecule has 0 spiro atoms. The summed E-state index contributed by atoms with van der Waals surface area (Å²) in [5.41, 5.74) is 6.46. The Hall–Kier alpha value is -1.78. The molecule has 0 radical (unpaired) electrons. The van der Waals surface area contributed by atoms with E-state index in [1.807, 2.05) is 0 Å². The van der Waals surface area contributed by atoms with Gasteiger partial charge in [0.15, 0.2) is 0 Å². The van der Waals surface area contributed by atoms with Crippen molar-refractivity contribution < 1.29 is 9.53 Å². The molecule has 0 unspecified atom stereocenters. The van der Waals surface area contributed by atoms with Crippen LogP contribution in [0.4, 0.5) is 10.5 Å². The molecule has 5 nitrogen and oxygen atoms in total. The number of aromatic nitrogens is 1. The fourth-order valence-electron chi connectivity index (χ4n) is 1.22. The van der Waals surface area contributed by atoms with Crippen LogP contribution in [-0.2, 0) is 0 Å². The van der Waals surface area contributed by atoms with Gasteiger partial charge >= 0.3 is 6.03 Å². The summed E-state index contributed by atoms with van der Waals surface area (Å²) in [4.78, 5) is 16.4. The third-order valence-corrected chi connectivity index (χ3v) is 1.96. The summed E-state index contributed by atoms with van der Waals surface area (Å²) in [6, 6.07) is 1.14. The SMILES string of the molecule is COc1ccnc(C)c1N(C)C(N)=O. The summed E-state index contributed by atoms with van der Waals surface area (Å²) in [5.74, 6) is 0.582. The van der Waals surface area contributed by atoms with Crippen molar-refractivity contribution in [1.29, 1.82) is 0 Å². The first kappa shape index (κ1) is 10.3. The molecule has 0 aliphatic carbocycles. The maximum Gasteiger partial charge on any atom is 0.319 e. The van der Waals surface area contributed by atoms with Crippen LogP contribution < -0.4 is 15.4 Å². The lowest BCUT2D eigenvalue weighted by atomic mass is 10.2. The molecule has 0 aliphatic rings. The number of primary amides is 1. The molecule has 14 heavy (non-hydrogen) atoms. The van der Waals surface area contributed by atoms with Crippen molar-refractivity contribution in [3.8, 4) is 5.75 Å². The number of anilines is 1. The molecule has 0 fully saturated rings. The van der Waals surface area contributed by atoms with Crippen molar-refractivity contribution in [2.24, 2.45) is 5.73 Å². The Bertz CT molecular complexity index is 352. The van der Waals surface area contributed by atoms with E-state index in [4.69, 9.17) is 10.5 Å². The second-order valence-electron chi connectivity index (χ2n) is 2.84. The molecule has 0 saturated carbocycles. The van der Waals surface area contributed by atoms with Crippen molar-refractivity contribution in [1.82, 2.24) is 4.98 Å². The van der Waals surface area contributed by atoms with Crippen LogP contribution in [0.2, 0.25) is 0 Å². The quantitative estimate of drug-likeness (QED) is 0.762. The molecule has 76 valence electrons. The van der Waals surface area contributed by atoms with Crippen molar-refractivity contribution in [3.63, 3.8) is 0 Å². The third kappa shape index (κ3) is 1.76. The van der Waals surface area contributed by atoms with Crippen LogP contribution in [0.25, 0.3) is 0 Å². The van der Waals surface area contributed by atoms with Crippen LogP contribution in [-0.4, -0.2) is 25.2 Å². The fraction of sp³-hybridized carbons (Fsp3) is 0.333. The Morgan fingerprint density at radius 3 is 2.79 bits per heavy atom. The first-order valence-electron chi connectivity index (χ1n) is 4.10. The van der Waals surface area contributed by atoms with Gasteiger partial charge in [0.25, 0.3) is 0 Å². The van der Waals surface area contributed by atoms with Gasteiger partial charge < -0.3 is 10.5 Å². The topological polar surface area (TPSA) is 68.4 Å². The van der Waals surface area contributed by atoms with E-state index in [2.05, 4.69) is 4.98 Å². The molecule has 5 heteroatoms. The largest absolute Gasteiger partial charge is 0.494 e. The molecule has 1 aromatic rings. The molecule has 1 rings (SSSR count). The van der Waals surface area contributed by atoms with Gasteiger partial charge in [0, 0.05) is 19.3 Å². The highest BCUT2D eigenvalue weighted by Crippen LogP contribution is 2.28. The molecule has 0 aliphatic heterocycles. The average Bonchev–Trinajstić information content (AvgIpc) is 2.16. The number of carbonyl (C=O) groups excluding carboxylic acids is 1. The Kier molecular flexibility index (Phi) is 2.91. The minimum Gasteiger partial charge on any atom is -0.494 e. The van der Waals surface area contributed by atoms with Crippen LogP contribution in [0.15, 0.2) is 12.3 Å². The van der Waals surface area contributed by atoms with Gasteiger partial charge in [-0.3, -0.25) is 9.88 Å². The van der Waals surface area contributed by atoms with Crippen LogP contribution in [0.1, 0.15) is 5.69 Å². The zero-order chi connectivity index (χ0) is 10.7. The van der Waals surface area contributed by atoms with Crippen LogP contribution in [0.3, 0.4) is 0 Å². The predicted octanol–water partition coefficient (Wildman–Crippen LogP) is 0.914. The van der Waals surface area contributed by atoms with E-state index in [0.717, 1.165) is 0 Å². The number of hydrogen-bond donors (Lipinski definition) is 1. The van der Waals surface area contributed by atoms with Crippen molar-refractivity contribution in [2.75, 3.05) is 19.1 Å². The van der Waals surface area contributed by atoms with Gasteiger partial charge in [0.05, 0.1) is 12.8 Å². The highest BCUT2D eigenvalue weighted by molar-refractivity contribution is 5.92. The van der Waals surface area contributed by atoms with E-state index in [-0.39, 0.29) is 0 Å². The summed E-state index contributed by atoms with van der Waals surface area (Å²) >= 11 is 0. The minimum atomic E-state index is -0.542. The zero-order valence-electron chi connectivity index (χ0n) is 8.44. The number of carbonyl (C=O) groups is 1. The summed E-state index contributed by atoms with van der Waals surface area (Å²) < 4.78 is 5.11. The number of methoxy groups -OCH3 is 1. The molecule has 0 bridgehead atoms. The minimum absolute atomic E-state index is 0.542. The summed E-state index contributed by atoms with van der Waals surface area (Å²) in [5, 5.41) is 0. The fourth-order valence-corrected chi connectivity index (χ4v) is 1.22. The molecule has 1 heterocycles. The highest BCUT2D eigenvalue weighted by atomic mass is 16.5. The van der Waals surface area contributed by atoms with E-state index in [0.29, 0.717) is 17.1 Å². The number of nitrogens with zero attached hydrogens (tertiary/aromatic N) is 2. The Balaban J connectivity index is 3.23. The number of aryl methyl sites for hydroxylation is 1. The number of rotatable bonds is 2. The van der Waals surface area contributed by atoms with E-state index in [9.17, 15) is 4.79 Å². The second kappa shape index (κ2) is 3.95. The Labute approximate surface area is 82.5 Å². The van der Waals surface area contributed by atoms with Gasteiger partial charge in [-0.2, -0.15) is 0 Å². The molecule has 1 aromatic heterocycles. The van der Waals surface area contributed by atoms with E-state index >= 15 is 0 Å². The van der Waals surface area contributed by atoms with Gasteiger partial charge in [-0.05, 0) is 6.92 Å². The van der Waals surface area contributed by atoms with Gasteiger partial charge in [-0.1, -0.05) is 0 Å². The zero-order valence-corrected chi connectivity index (χ0v) is 8.44. The van der Waals surface area contributed by atoms with Crippen molar-refractivity contribution in [3.05, 3.63) is 18.0 Å². The van der Waals surface area contributed by atoms with Gasteiger partial charge in [0.1, 0.15) is 11.4 Å². The van der Waals surface area contributed by atoms with Crippen molar-refractivity contribution >= 4 is 11.7 Å². The monoisotopic (exact) mass is 195 g/mol. The normalized spacial score (nSPS) is 9.64. The molecular weight excluding hydrogens is 182 g/mol. The van der Waals surface area contributed by atoms with Crippen LogP contribution in [0, 0.1) is 6.92 Å². The molecule has 0 saturated heterocycles. The predicted molar refractivity (Wildman–Crippen MR) is 53.5 cm³/mol. The Morgan fingerprint density at radius 2 is 2.29 bits per heavy atom. The molecule has 0 aromatic carbocycles. The lowest BCUT2D eigenvalue weighted by molar-refractivity contribution is 0.255. The first-order valence-corrected chi connectivity index (χ1v) is 4.10. The number of nitrogens with two attached hydrogens (primary N) is 1. The maximum absolute atomic E-state index is 11.0. The smallest absolute Gasteiger partial charge is 0.319 e. The standard InChI is InChI=1S/C9H13N3O2/c1-6-8(12(2)9(10)13)7(14-3)4-5-11-6/h4-5H,1-3H3,(H2,10,13). The number of pyridine rings is 1. The van der Waals surface area contributed by atoms with E-state index < -0.39 is 6.03 Å². The highest BCUT2D eigenvalue weighted by Gasteiger charge is 2.15. The number of hydrogen-bond acceptors (Lipinski definition) is 3. The maximum atomic E-state index is 11.0. The van der Waals surface area contributed by atoms with Crippen molar-refractivity contribution in [2.45, 2.75) is 6.92 Å². The number of urea groups is 1. The molecular formula is C9H13N3O2. The van der Waals surface area contributed by atoms with Gasteiger partial charge in [-0.15, -0.1) is 0 Å². The third-order valence-electron chi connectivity index (χ3n) is 1.96. The van der Waals surface area contributed by atoms with Crippen LogP contribution in [0.5, 0.6) is 5.75 Å². The summed E-state index contributed by atoms with van der Waals surface area (Å²) in [7, 11) is 3.11. The van der Waals surface area contributed by atoms with Gasteiger partial charge in [-0.25, -0.2) is 4.79 Å². The van der Waals surface area contributed by atoms with Gasteiger partial charge in [0.2, 0.25) is 0 Å². The average molecular weight is 195 g/mol. The molecule has 0 atom stereocenters.